The van der Waals surface area contributed by atoms with Gasteiger partial charge in [-0.2, -0.15) is 11.8 Å². The molecule has 0 bridgehead atoms. The first kappa shape index (κ1) is 12.1. The highest BCUT2D eigenvalue weighted by Crippen LogP contribution is 2.21. The highest BCUT2D eigenvalue weighted by Gasteiger charge is 2.07. The van der Waals surface area contributed by atoms with E-state index in [4.69, 9.17) is 5.73 Å². The zero-order valence-corrected chi connectivity index (χ0v) is 10.1. The molecule has 0 spiro atoms. The molecule has 0 fully saturated rings. The second-order valence-corrected chi connectivity index (χ2v) is 5.43. The molecule has 2 N–H and O–H groups in total. The number of thioether (sulfide) groups is 1. The van der Waals surface area contributed by atoms with E-state index in [1.165, 1.54) is 50.0 Å². The summed E-state index contributed by atoms with van der Waals surface area (Å²) in [4.78, 5) is 0. The molecule has 1 atom stereocenters. The van der Waals surface area contributed by atoms with Crippen molar-refractivity contribution in [1.82, 2.24) is 0 Å². The van der Waals surface area contributed by atoms with Gasteiger partial charge in [0.15, 0.2) is 0 Å². The van der Waals surface area contributed by atoms with E-state index in [9.17, 15) is 0 Å². The molecule has 0 aliphatic heterocycles. The Bertz CT molecular complexity index is 177. The Morgan fingerprint density at radius 1 is 1.50 bits per heavy atom. The number of nitrogens with two attached hydrogens (primary N) is 1. The molecule has 1 rings (SSSR count). The van der Waals surface area contributed by atoms with Crippen molar-refractivity contribution in [3.8, 4) is 0 Å². The van der Waals surface area contributed by atoms with Crippen LogP contribution in [-0.2, 0) is 0 Å². The Labute approximate surface area is 92.5 Å². The number of rotatable bonds is 5. The molecule has 2 heteroatoms. The summed E-state index contributed by atoms with van der Waals surface area (Å²) in [5.74, 6) is 2.56. The molecule has 0 aromatic heterocycles. The van der Waals surface area contributed by atoms with Crippen molar-refractivity contribution >= 4 is 11.8 Å². The summed E-state index contributed by atoms with van der Waals surface area (Å²) in [7, 11) is 0. The van der Waals surface area contributed by atoms with Gasteiger partial charge in [0, 0.05) is 6.04 Å². The lowest BCUT2D eigenvalue weighted by atomic mass is 10.1. The van der Waals surface area contributed by atoms with Crippen LogP contribution in [0.15, 0.2) is 11.6 Å². The maximum Gasteiger partial charge on any atom is 0.0226 e. The lowest BCUT2D eigenvalue weighted by molar-refractivity contribution is 0.653. The van der Waals surface area contributed by atoms with Gasteiger partial charge in [0.25, 0.3) is 0 Å². The zero-order valence-electron chi connectivity index (χ0n) is 9.30. The first-order valence-corrected chi connectivity index (χ1v) is 7.01. The lowest BCUT2D eigenvalue weighted by Gasteiger charge is -2.06. The van der Waals surface area contributed by atoms with Gasteiger partial charge in [-0.05, 0) is 43.6 Å². The summed E-state index contributed by atoms with van der Waals surface area (Å²) in [6.45, 7) is 2.23. The molecule has 1 unspecified atom stereocenters. The van der Waals surface area contributed by atoms with E-state index in [0.29, 0.717) is 6.04 Å². The lowest BCUT2D eigenvalue weighted by Crippen LogP contribution is -2.15. The van der Waals surface area contributed by atoms with E-state index < -0.39 is 0 Å². The van der Waals surface area contributed by atoms with Crippen molar-refractivity contribution in [3.05, 3.63) is 11.6 Å². The van der Waals surface area contributed by atoms with Gasteiger partial charge in [-0.3, -0.25) is 0 Å². The van der Waals surface area contributed by atoms with Crippen LogP contribution in [0.4, 0.5) is 0 Å². The van der Waals surface area contributed by atoms with Gasteiger partial charge < -0.3 is 5.73 Å². The summed E-state index contributed by atoms with van der Waals surface area (Å²) in [5, 5.41) is 0. The quantitative estimate of drug-likeness (QED) is 0.560. The van der Waals surface area contributed by atoms with Crippen LogP contribution in [0.25, 0.3) is 0 Å². The second kappa shape index (κ2) is 7.36. The molecule has 0 saturated carbocycles. The minimum Gasteiger partial charge on any atom is -0.324 e. The largest absolute Gasteiger partial charge is 0.324 e. The smallest absolute Gasteiger partial charge is 0.0226 e. The van der Waals surface area contributed by atoms with Crippen LogP contribution in [0.5, 0.6) is 0 Å². The predicted molar refractivity (Wildman–Crippen MR) is 66.8 cm³/mol. The molecule has 0 radical (unpaired) electrons. The first-order chi connectivity index (χ1) is 6.83. The van der Waals surface area contributed by atoms with Crippen LogP contribution in [0.2, 0.25) is 0 Å². The summed E-state index contributed by atoms with van der Waals surface area (Å²) < 4.78 is 0. The molecule has 0 aromatic rings. The van der Waals surface area contributed by atoms with Gasteiger partial charge in [-0.15, -0.1) is 0 Å². The van der Waals surface area contributed by atoms with Gasteiger partial charge >= 0.3 is 0 Å². The average molecular weight is 213 g/mol. The fourth-order valence-corrected chi connectivity index (χ4v) is 2.59. The van der Waals surface area contributed by atoms with Gasteiger partial charge in [0.05, 0.1) is 0 Å². The number of allylic oxidation sites excluding steroid dienone is 1. The van der Waals surface area contributed by atoms with E-state index in [0.717, 1.165) is 0 Å². The third kappa shape index (κ3) is 5.06. The summed E-state index contributed by atoms with van der Waals surface area (Å²) >= 11 is 2.04. The van der Waals surface area contributed by atoms with Gasteiger partial charge in [0.1, 0.15) is 0 Å². The van der Waals surface area contributed by atoms with Crippen LogP contribution < -0.4 is 5.73 Å². The normalized spacial score (nSPS) is 23.0. The van der Waals surface area contributed by atoms with Crippen molar-refractivity contribution in [2.24, 2.45) is 5.73 Å². The summed E-state index contributed by atoms with van der Waals surface area (Å²) in [6.07, 6.45) is 10.1. The highest BCUT2D eigenvalue weighted by atomic mass is 32.2. The van der Waals surface area contributed by atoms with E-state index in [1.807, 2.05) is 11.8 Å². The van der Waals surface area contributed by atoms with E-state index in [1.54, 1.807) is 5.57 Å². The van der Waals surface area contributed by atoms with Crippen LogP contribution >= 0.6 is 11.8 Å². The molecule has 14 heavy (non-hydrogen) atoms. The minimum atomic E-state index is 0.339. The van der Waals surface area contributed by atoms with Crippen molar-refractivity contribution < 1.29 is 0 Å². The molecule has 0 aromatic carbocycles. The number of hydrogen-bond donors (Lipinski definition) is 1. The third-order valence-corrected chi connectivity index (χ3v) is 3.71. The molecule has 82 valence electrons. The van der Waals surface area contributed by atoms with Crippen LogP contribution in [0.3, 0.4) is 0 Å². The van der Waals surface area contributed by atoms with Gasteiger partial charge in [-0.1, -0.05) is 25.0 Å². The number of hydrogen-bond acceptors (Lipinski definition) is 2. The van der Waals surface area contributed by atoms with Crippen molar-refractivity contribution in [2.75, 3.05) is 11.5 Å². The molecular formula is C12H23NS. The molecule has 1 nitrogen and oxygen atoms in total. The SMILES string of the molecule is CCSCCCC1=CC(N)CCCC1. The monoisotopic (exact) mass is 213 g/mol. The second-order valence-electron chi connectivity index (χ2n) is 4.04. The molecule has 1 aliphatic rings. The Hall–Kier alpha value is 0.0500. The first-order valence-electron chi connectivity index (χ1n) is 5.86. The maximum absolute atomic E-state index is 5.97. The zero-order chi connectivity index (χ0) is 10.2. The topological polar surface area (TPSA) is 26.0 Å². The highest BCUT2D eigenvalue weighted by molar-refractivity contribution is 7.99. The summed E-state index contributed by atoms with van der Waals surface area (Å²) in [6, 6.07) is 0.339. The molecule has 1 aliphatic carbocycles. The van der Waals surface area contributed by atoms with Crippen LogP contribution in [0.1, 0.15) is 45.4 Å². The van der Waals surface area contributed by atoms with Gasteiger partial charge in [0.2, 0.25) is 0 Å². The summed E-state index contributed by atoms with van der Waals surface area (Å²) in [5.41, 5.74) is 7.59. The fourth-order valence-electron chi connectivity index (χ4n) is 1.96. The molecule has 0 amide bonds. The standard InChI is InChI=1S/C12H23NS/c1-2-14-9-5-7-11-6-3-4-8-12(13)10-11/h10,12H,2-9,13H2,1H3. The van der Waals surface area contributed by atoms with Crippen molar-refractivity contribution in [3.63, 3.8) is 0 Å². The average Bonchev–Trinajstić information content (AvgIpc) is 2.38. The Balaban J connectivity index is 2.20. The van der Waals surface area contributed by atoms with Gasteiger partial charge in [-0.25, -0.2) is 0 Å². The minimum absolute atomic E-state index is 0.339. The molecular weight excluding hydrogens is 190 g/mol. The van der Waals surface area contributed by atoms with E-state index in [2.05, 4.69) is 13.0 Å². The molecule has 0 saturated heterocycles. The third-order valence-electron chi connectivity index (χ3n) is 2.73. The van der Waals surface area contributed by atoms with Crippen LogP contribution in [0, 0.1) is 0 Å². The Kier molecular flexibility index (Phi) is 6.37. The van der Waals surface area contributed by atoms with Crippen LogP contribution in [-0.4, -0.2) is 17.5 Å². The maximum atomic E-state index is 5.97. The predicted octanol–water partition coefficient (Wildman–Crippen LogP) is 3.35. The van der Waals surface area contributed by atoms with E-state index in [-0.39, 0.29) is 0 Å². The fraction of sp³-hybridized carbons (Fsp3) is 0.833. The van der Waals surface area contributed by atoms with Crippen molar-refractivity contribution in [1.29, 1.82) is 0 Å². The van der Waals surface area contributed by atoms with Crippen molar-refractivity contribution in [2.45, 2.75) is 51.5 Å². The van der Waals surface area contributed by atoms with E-state index >= 15 is 0 Å². The molecule has 0 heterocycles. The Morgan fingerprint density at radius 2 is 2.36 bits per heavy atom. The Morgan fingerprint density at radius 3 is 3.14 bits per heavy atom.